The smallest absolute Gasteiger partial charge is 0.338 e. The van der Waals surface area contributed by atoms with Crippen LogP contribution in [-0.4, -0.2) is 41.2 Å². The number of benzene rings is 2. The predicted molar refractivity (Wildman–Crippen MR) is 116 cm³/mol. The number of ether oxygens (including phenoxy) is 1. The Kier molecular flexibility index (Phi) is 6.06. The zero-order valence-corrected chi connectivity index (χ0v) is 17.9. The van der Waals surface area contributed by atoms with E-state index in [1.165, 1.54) is 31.2 Å². The Balaban J connectivity index is 1.72. The molecule has 1 N–H and O–H groups in total. The lowest BCUT2D eigenvalue weighted by atomic mass is 10.0. The first-order valence-corrected chi connectivity index (χ1v) is 9.85. The summed E-state index contributed by atoms with van der Waals surface area (Å²) in [7, 11) is 0. The minimum atomic E-state index is -1.06. The number of rotatable bonds is 6. The summed E-state index contributed by atoms with van der Waals surface area (Å²) in [5.41, 5.74) is 4.03. The van der Waals surface area contributed by atoms with Gasteiger partial charge in [-0.05, 0) is 57.0 Å². The maximum atomic E-state index is 12.6. The zero-order valence-electron chi connectivity index (χ0n) is 17.9. The highest BCUT2D eigenvalue weighted by molar-refractivity contribution is 6.22. The number of fused-ring (bicyclic) bond motifs is 1. The molecule has 1 atom stereocenters. The third kappa shape index (κ3) is 4.26. The molecule has 0 aliphatic carbocycles. The number of amides is 3. The van der Waals surface area contributed by atoms with Gasteiger partial charge in [0.05, 0.1) is 16.7 Å². The van der Waals surface area contributed by atoms with Gasteiger partial charge < -0.3 is 10.1 Å². The third-order valence-electron chi connectivity index (χ3n) is 5.10. The number of hydrogen-bond acceptors (Lipinski definition) is 5. The minimum Gasteiger partial charge on any atom is -0.449 e. The summed E-state index contributed by atoms with van der Waals surface area (Å²) in [6, 6.07) is 8.05. The van der Waals surface area contributed by atoms with Crippen molar-refractivity contribution in [2.45, 2.75) is 33.8 Å². The fourth-order valence-corrected chi connectivity index (χ4v) is 3.60. The fraction of sp³-hybridized carbons (Fsp3) is 0.250. The van der Waals surface area contributed by atoms with Crippen LogP contribution in [0.5, 0.6) is 0 Å². The Morgan fingerprint density at radius 1 is 1.06 bits per heavy atom. The standard InChI is InChI=1S/C24H24N2O5/c1-6-9-26-22(28)18-8-7-17(12-19(18)23(26)29)24(30)31-16(5)21(27)25-20-14(3)10-13(2)11-15(20)4/h6-8,10-12,16H,1,9H2,2-5H3,(H,25,27)/t16-/m0/s1. The number of carbonyl (C=O) groups is 4. The molecule has 2 aromatic rings. The topological polar surface area (TPSA) is 92.8 Å². The van der Waals surface area contributed by atoms with E-state index in [0.717, 1.165) is 21.6 Å². The van der Waals surface area contributed by atoms with Gasteiger partial charge in [0.2, 0.25) is 0 Å². The van der Waals surface area contributed by atoms with E-state index in [4.69, 9.17) is 4.74 Å². The Hall–Kier alpha value is -3.74. The highest BCUT2D eigenvalue weighted by Gasteiger charge is 2.35. The van der Waals surface area contributed by atoms with Crippen molar-refractivity contribution < 1.29 is 23.9 Å². The first-order chi connectivity index (χ1) is 14.6. The maximum absolute atomic E-state index is 12.6. The molecule has 0 fully saturated rings. The summed E-state index contributed by atoms with van der Waals surface area (Å²) in [6.45, 7) is 10.9. The molecule has 0 spiro atoms. The van der Waals surface area contributed by atoms with Gasteiger partial charge in [0.25, 0.3) is 17.7 Å². The van der Waals surface area contributed by atoms with Crippen molar-refractivity contribution in [2.24, 2.45) is 0 Å². The summed E-state index contributed by atoms with van der Waals surface area (Å²) in [5, 5.41) is 2.81. The van der Waals surface area contributed by atoms with Crippen molar-refractivity contribution in [1.29, 1.82) is 0 Å². The molecule has 0 unspecified atom stereocenters. The van der Waals surface area contributed by atoms with Gasteiger partial charge in [-0.25, -0.2) is 4.79 Å². The lowest BCUT2D eigenvalue weighted by Gasteiger charge is -2.17. The molecule has 31 heavy (non-hydrogen) atoms. The number of imide groups is 1. The predicted octanol–water partition coefficient (Wildman–Crippen LogP) is 3.58. The molecular formula is C24H24N2O5. The molecule has 1 heterocycles. The van der Waals surface area contributed by atoms with Crippen LogP contribution in [0.4, 0.5) is 5.69 Å². The van der Waals surface area contributed by atoms with Gasteiger partial charge in [-0.1, -0.05) is 23.8 Å². The van der Waals surface area contributed by atoms with Gasteiger partial charge in [-0.3, -0.25) is 19.3 Å². The molecule has 1 aliphatic heterocycles. The van der Waals surface area contributed by atoms with E-state index in [1.54, 1.807) is 0 Å². The molecule has 0 saturated carbocycles. The summed E-state index contributed by atoms with van der Waals surface area (Å²) in [6.07, 6.45) is 0.393. The van der Waals surface area contributed by atoms with Crippen LogP contribution in [-0.2, 0) is 9.53 Å². The van der Waals surface area contributed by atoms with E-state index in [2.05, 4.69) is 11.9 Å². The van der Waals surface area contributed by atoms with Crippen molar-refractivity contribution in [3.8, 4) is 0 Å². The normalized spacial score (nSPS) is 13.6. The Morgan fingerprint density at radius 2 is 1.68 bits per heavy atom. The van der Waals surface area contributed by atoms with Crippen LogP contribution in [0.2, 0.25) is 0 Å². The highest BCUT2D eigenvalue weighted by atomic mass is 16.5. The first-order valence-electron chi connectivity index (χ1n) is 9.85. The largest absolute Gasteiger partial charge is 0.449 e. The maximum Gasteiger partial charge on any atom is 0.338 e. The van der Waals surface area contributed by atoms with Crippen LogP contribution in [0, 0.1) is 20.8 Å². The molecule has 0 bridgehead atoms. The lowest BCUT2D eigenvalue weighted by molar-refractivity contribution is -0.123. The van der Waals surface area contributed by atoms with Crippen molar-refractivity contribution in [3.05, 3.63) is 76.4 Å². The molecule has 160 valence electrons. The van der Waals surface area contributed by atoms with Crippen LogP contribution >= 0.6 is 0 Å². The number of esters is 1. The van der Waals surface area contributed by atoms with Crippen molar-refractivity contribution in [1.82, 2.24) is 4.90 Å². The SMILES string of the molecule is C=CCN1C(=O)c2ccc(C(=O)O[C@@H](C)C(=O)Nc3c(C)cc(C)cc3C)cc2C1=O. The Labute approximate surface area is 180 Å². The van der Waals surface area contributed by atoms with Gasteiger partial charge >= 0.3 is 5.97 Å². The molecule has 3 amide bonds. The second kappa shape index (κ2) is 8.55. The van der Waals surface area contributed by atoms with E-state index in [1.807, 2.05) is 32.9 Å². The van der Waals surface area contributed by atoms with Crippen LogP contribution in [0.3, 0.4) is 0 Å². The highest BCUT2D eigenvalue weighted by Crippen LogP contribution is 2.25. The second-order valence-electron chi connectivity index (χ2n) is 7.58. The van der Waals surface area contributed by atoms with E-state index >= 15 is 0 Å². The molecule has 0 radical (unpaired) electrons. The molecule has 7 nitrogen and oxygen atoms in total. The van der Waals surface area contributed by atoms with E-state index in [0.29, 0.717) is 5.69 Å². The molecule has 0 saturated heterocycles. The molecule has 1 aliphatic rings. The van der Waals surface area contributed by atoms with E-state index < -0.39 is 29.8 Å². The van der Waals surface area contributed by atoms with Crippen molar-refractivity contribution >= 4 is 29.4 Å². The van der Waals surface area contributed by atoms with Gasteiger partial charge in [0.15, 0.2) is 6.10 Å². The molecule has 2 aromatic carbocycles. The number of carbonyl (C=O) groups excluding carboxylic acids is 4. The summed E-state index contributed by atoms with van der Waals surface area (Å²) in [4.78, 5) is 50.9. The summed E-state index contributed by atoms with van der Waals surface area (Å²) < 4.78 is 5.29. The second-order valence-corrected chi connectivity index (χ2v) is 7.58. The first kappa shape index (κ1) is 22.0. The van der Waals surface area contributed by atoms with Crippen molar-refractivity contribution in [2.75, 3.05) is 11.9 Å². The van der Waals surface area contributed by atoms with Crippen LogP contribution in [0.15, 0.2) is 43.0 Å². The summed E-state index contributed by atoms with van der Waals surface area (Å²) in [5.74, 6) is -2.15. The average Bonchev–Trinajstić information content (AvgIpc) is 2.95. The molecular weight excluding hydrogens is 396 g/mol. The quantitative estimate of drug-likeness (QED) is 0.438. The van der Waals surface area contributed by atoms with Gasteiger partial charge in [-0.15, -0.1) is 6.58 Å². The minimum absolute atomic E-state index is 0.0845. The van der Waals surface area contributed by atoms with Gasteiger partial charge in [0.1, 0.15) is 0 Å². The monoisotopic (exact) mass is 420 g/mol. The van der Waals surface area contributed by atoms with Crippen molar-refractivity contribution in [3.63, 3.8) is 0 Å². The number of nitrogens with zero attached hydrogens (tertiary/aromatic N) is 1. The van der Waals surface area contributed by atoms with Gasteiger partial charge in [0, 0.05) is 12.2 Å². The van der Waals surface area contributed by atoms with E-state index in [9.17, 15) is 19.2 Å². The van der Waals surface area contributed by atoms with Crippen LogP contribution < -0.4 is 5.32 Å². The lowest BCUT2D eigenvalue weighted by Crippen LogP contribution is -2.30. The number of hydrogen-bond donors (Lipinski definition) is 1. The van der Waals surface area contributed by atoms with Gasteiger partial charge in [-0.2, -0.15) is 0 Å². The Morgan fingerprint density at radius 3 is 2.29 bits per heavy atom. The summed E-state index contributed by atoms with van der Waals surface area (Å²) >= 11 is 0. The molecule has 7 heteroatoms. The van der Waals surface area contributed by atoms with E-state index in [-0.39, 0.29) is 23.2 Å². The number of anilines is 1. The zero-order chi connectivity index (χ0) is 22.9. The fourth-order valence-electron chi connectivity index (χ4n) is 3.60. The molecule has 0 aromatic heterocycles. The van der Waals surface area contributed by atoms with Crippen LogP contribution in [0.1, 0.15) is 54.7 Å². The number of nitrogens with one attached hydrogen (secondary N) is 1. The Bertz CT molecular complexity index is 1100. The average molecular weight is 420 g/mol. The molecule has 3 rings (SSSR count). The third-order valence-corrected chi connectivity index (χ3v) is 5.10. The number of aryl methyl sites for hydroxylation is 3. The van der Waals surface area contributed by atoms with Crippen LogP contribution in [0.25, 0.3) is 0 Å².